The standard InChI is InChI=1S/C26H28N4O5/c1-16(2)20-9-7-17(3)12-23(20)34-15-19-8-10-22(35-19)25(31)29-21-14-28-30(4)24(21)26(32)27-13-18-6-5-11-33-18/h5-12,14,16H,13,15H2,1-4H3,(H,27,32)(H,29,31). The van der Waals surface area contributed by atoms with E-state index in [0.29, 0.717) is 17.4 Å². The maximum atomic E-state index is 12.8. The Balaban J connectivity index is 1.40. The molecule has 0 aliphatic heterocycles. The first kappa shape index (κ1) is 23.9. The van der Waals surface area contributed by atoms with Gasteiger partial charge < -0.3 is 24.2 Å². The van der Waals surface area contributed by atoms with E-state index in [1.54, 1.807) is 31.3 Å². The highest BCUT2D eigenvalue weighted by Crippen LogP contribution is 2.28. The van der Waals surface area contributed by atoms with E-state index < -0.39 is 11.8 Å². The van der Waals surface area contributed by atoms with E-state index in [0.717, 1.165) is 16.9 Å². The van der Waals surface area contributed by atoms with E-state index in [1.807, 2.05) is 13.0 Å². The van der Waals surface area contributed by atoms with Crippen LogP contribution in [0.15, 0.2) is 63.8 Å². The second kappa shape index (κ2) is 10.3. The van der Waals surface area contributed by atoms with Gasteiger partial charge in [0.05, 0.1) is 24.7 Å². The molecule has 0 bridgehead atoms. The van der Waals surface area contributed by atoms with Crippen molar-refractivity contribution in [3.8, 4) is 5.75 Å². The van der Waals surface area contributed by atoms with Crippen molar-refractivity contribution < 1.29 is 23.2 Å². The van der Waals surface area contributed by atoms with Crippen molar-refractivity contribution in [1.29, 1.82) is 0 Å². The predicted molar refractivity (Wildman–Crippen MR) is 129 cm³/mol. The molecule has 9 heteroatoms. The predicted octanol–water partition coefficient (Wildman–Crippen LogP) is 4.80. The van der Waals surface area contributed by atoms with Gasteiger partial charge in [-0.1, -0.05) is 26.0 Å². The van der Waals surface area contributed by atoms with Crippen LogP contribution < -0.4 is 15.4 Å². The molecule has 2 amide bonds. The van der Waals surface area contributed by atoms with Crippen LogP contribution in [0.5, 0.6) is 5.75 Å². The number of furan rings is 2. The summed E-state index contributed by atoms with van der Waals surface area (Å²) in [5, 5.41) is 9.54. The minimum atomic E-state index is -0.497. The zero-order valence-electron chi connectivity index (χ0n) is 20.1. The van der Waals surface area contributed by atoms with Crippen molar-refractivity contribution in [2.24, 2.45) is 7.05 Å². The number of aryl methyl sites for hydroxylation is 2. The van der Waals surface area contributed by atoms with Crippen LogP contribution >= 0.6 is 0 Å². The highest BCUT2D eigenvalue weighted by Gasteiger charge is 2.21. The van der Waals surface area contributed by atoms with Gasteiger partial charge in [0.15, 0.2) is 5.76 Å². The first-order chi connectivity index (χ1) is 16.8. The maximum absolute atomic E-state index is 12.8. The molecule has 9 nitrogen and oxygen atoms in total. The topological polar surface area (TPSA) is 112 Å². The molecule has 4 aromatic rings. The number of ether oxygens (including phenoxy) is 1. The highest BCUT2D eigenvalue weighted by molar-refractivity contribution is 6.07. The van der Waals surface area contributed by atoms with Crippen molar-refractivity contribution in [2.45, 2.75) is 39.8 Å². The Hall–Kier alpha value is -4.27. The van der Waals surface area contributed by atoms with Crippen molar-refractivity contribution >= 4 is 17.5 Å². The summed E-state index contributed by atoms with van der Waals surface area (Å²) in [7, 11) is 1.62. The fourth-order valence-electron chi connectivity index (χ4n) is 3.62. The van der Waals surface area contributed by atoms with E-state index >= 15 is 0 Å². The third kappa shape index (κ3) is 5.63. The van der Waals surface area contributed by atoms with Crippen molar-refractivity contribution in [3.63, 3.8) is 0 Å². The molecule has 2 N–H and O–H groups in total. The van der Waals surface area contributed by atoms with E-state index in [2.05, 4.69) is 41.7 Å². The van der Waals surface area contributed by atoms with Gasteiger partial charge in [-0.05, 0) is 54.3 Å². The Morgan fingerprint density at radius 2 is 1.94 bits per heavy atom. The van der Waals surface area contributed by atoms with Crippen LogP contribution in [0, 0.1) is 6.92 Å². The molecule has 3 heterocycles. The molecular weight excluding hydrogens is 448 g/mol. The number of nitrogens with zero attached hydrogens (tertiary/aromatic N) is 2. The first-order valence-electron chi connectivity index (χ1n) is 11.3. The Morgan fingerprint density at radius 3 is 2.69 bits per heavy atom. The lowest BCUT2D eigenvalue weighted by Crippen LogP contribution is -2.26. The molecule has 182 valence electrons. The van der Waals surface area contributed by atoms with Crippen molar-refractivity contribution in [2.75, 3.05) is 5.32 Å². The second-order valence-corrected chi connectivity index (χ2v) is 8.50. The number of amides is 2. The third-order valence-electron chi connectivity index (χ3n) is 5.45. The molecule has 0 radical (unpaired) electrons. The van der Waals surface area contributed by atoms with Crippen LogP contribution in [0.25, 0.3) is 0 Å². The van der Waals surface area contributed by atoms with Crippen LogP contribution in [0.3, 0.4) is 0 Å². The molecule has 4 rings (SSSR count). The minimum Gasteiger partial charge on any atom is -0.485 e. The van der Waals surface area contributed by atoms with Crippen LogP contribution in [0.1, 0.15) is 63.5 Å². The van der Waals surface area contributed by atoms with Gasteiger partial charge in [0.1, 0.15) is 29.6 Å². The number of hydrogen-bond donors (Lipinski definition) is 2. The fourth-order valence-corrected chi connectivity index (χ4v) is 3.62. The van der Waals surface area contributed by atoms with Crippen molar-refractivity contribution in [3.05, 3.63) is 89.0 Å². The second-order valence-electron chi connectivity index (χ2n) is 8.50. The molecule has 0 fully saturated rings. The summed E-state index contributed by atoms with van der Waals surface area (Å²) < 4.78 is 18.3. The minimum absolute atomic E-state index is 0.0997. The van der Waals surface area contributed by atoms with Gasteiger partial charge in [-0.3, -0.25) is 14.3 Å². The number of aromatic nitrogens is 2. The monoisotopic (exact) mass is 476 g/mol. The van der Waals surface area contributed by atoms with E-state index in [1.165, 1.54) is 17.1 Å². The third-order valence-corrected chi connectivity index (χ3v) is 5.45. The molecule has 0 aliphatic rings. The Bertz CT molecular complexity index is 1320. The highest BCUT2D eigenvalue weighted by atomic mass is 16.5. The van der Waals surface area contributed by atoms with Gasteiger partial charge in [-0.2, -0.15) is 5.10 Å². The molecule has 0 aliphatic carbocycles. The van der Waals surface area contributed by atoms with Crippen LogP contribution in [-0.4, -0.2) is 21.6 Å². The molecule has 0 atom stereocenters. The summed E-state index contributed by atoms with van der Waals surface area (Å²) in [6.45, 7) is 6.62. The van der Waals surface area contributed by atoms with Crippen LogP contribution in [-0.2, 0) is 20.2 Å². The largest absolute Gasteiger partial charge is 0.485 e. The summed E-state index contributed by atoms with van der Waals surface area (Å²) in [5.74, 6) is 1.43. The molecule has 0 saturated heterocycles. The molecule has 3 aromatic heterocycles. The van der Waals surface area contributed by atoms with Gasteiger partial charge in [-0.25, -0.2) is 0 Å². The normalized spacial score (nSPS) is 11.0. The molecule has 1 aromatic carbocycles. The summed E-state index contributed by atoms with van der Waals surface area (Å²) in [5.41, 5.74) is 2.68. The van der Waals surface area contributed by atoms with E-state index in [4.69, 9.17) is 13.6 Å². The van der Waals surface area contributed by atoms with E-state index in [9.17, 15) is 9.59 Å². The Labute approximate surface area is 203 Å². The Morgan fingerprint density at radius 1 is 1.11 bits per heavy atom. The zero-order chi connectivity index (χ0) is 24.9. The van der Waals surface area contributed by atoms with Gasteiger partial charge in [0.25, 0.3) is 11.8 Å². The number of hydrogen-bond acceptors (Lipinski definition) is 6. The van der Waals surface area contributed by atoms with Crippen LogP contribution in [0.2, 0.25) is 0 Å². The average Bonchev–Trinajstić information content (AvgIpc) is 3.58. The summed E-state index contributed by atoms with van der Waals surface area (Å²) in [4.78, 5) is 25.5. The smallest absolute Gasteiger partial charge is 0.291 e. The SMILES string of the molecule is Cc1ccc(C(C)C)c(OCc2ccc(C(=O)Nc3cnn(C)c3C(=O)NCc3ccco3)o2)c1. The molecular formula is C26H28N4O5. The Kier molecular flexibility index (Phi) is 7.05. The summed E-state index contributed by atoms with van der Waals surface area (Å²) in [6.07, 6.45) is 2.95. The molecule has 0 spiro atoms. The lowest BCUT2D eigenvalue weighted by Gasteiger charge is -2.14. The fraction of sp³-hybridized carbons (Fsp3) is 0.269. The molecule has 0 saturated carbocycles. The maximum Gasteiger partial charge on any atom is 0.291 e. The molecule has 0 unspecified atom stereocenters. The van der Waals surface area contributed by atoms with Crippen molar-refractivity contribution in [1.82, 2.24) is 15.1 Å². The van der Waals surface area contributed by atoms with E-state index in [-0.39, 0.29) is 30.3 Å². The number of carbonyl (C=O) groups excluding carboxylic acids is 2. The number of rotatable bonds is 9. The number of carbonyl (C=O) groups is 2. The lowest BCUT2D eigenvalue weighted by atomic mass is 10.0. The number of benzene rings is 1. The number of nitrogens with one attached hydrogen (secondary N) is 2. The van der Waals surface area contributed by atoms with Gasteiger partial charge in [0.2, 0.25) is 0 Å². The average molecular weight is 477 g/mol. The zero-order valence-corrected chi connectivity index (χ0v) is 20.1. The van der Waals surface area contributed by atoms with Gasteiger partial charge in [0, 0.05) is 7.05 Å². The van der Waals surface area contributed by atoms with Gasteiger partial charge in [-0.15, -0.1) is 0 Å². The quantitative estimate of drug-likeness (QED) is 0.359. The summed E-state index contributed by atoms with van der Waals surface area (Å²) in [6, 6.07) is 12.9. The first-order valence-corrected chi connectivity index (χ1v) is 11.3. The summed E-state index contributed by atoms with van der Waals surface area (Å²) >= 11 is 0. The van der Waals surface area contributed by atoms with Gasteiger partial charge >= 0.3 is 0 Å². The number of anilines is 1. The lowest BCUT2D eigenvalue weighted by molar-refractivity contribution is 0.0939. The van der Waals surface area contributed by atoms with Crippen LogP contribution in [0.4, 0.5) is 5.69 Å². The molecule has 35 heavy (non-hydrogen) atoms.